The van der Waals surface area contributed by atoms with Crippen molar-refractivity contribution in [1.82, 2.24) is 4.57 Å². The fourth-order valence-electron chi connectivity index (χ4n) is 2.38. The second-order valence-corrected chi connectivity index (χ2v) is 3.82. The second kappa shape index (κ2) is 3.02. The molecule has 0 saturated carbocycles. The molecule has 2 rings (SSSR count). The van der Waals surface area contributed by atoms with Gasteiger partial charge in [-0.1, -0.05) is 0 Å². The maximum atomic E-state index is 10.8. The van der Waals surface area contributed by atoms with Crippen LogP contribution in [0.15, 0.2) is 0 Å². The van der Waals surface area contributed by atoms with Gasteiger partial charge in [0.1, 0.15) is 0 Å². The van der Waals surface area contributed by atoms with E-state index in [1.807, 2.05) is 7.05 Å². The third kappa shape index (κ3) is 1.12. The van der Waals surface area contributed by atoms with Gasteiger partial charge in [-0.15, -0.1) is 0 Å². The molecule has 2 nitrogen and oxygen atoms in total. The Morgan fingerprint density at radius 1 is 1.31 bits per heavy atom. The van der Waals surface area contributed by atoms with E-state index in [0.717, 1.165) is 24.8 Å². The summed E-state index contributed by atoms with van der Waals surface area (Å²) in [6.07, 6.45) is 5.82. The number of fused-ring (bicyclic) bond motifs is 1. The number of carbonyl (C=O) groups excluding carboxylic acids is 1. The van der Waals surface area contributed by atoms with Gasteiger partial charge in [0.25, 0.3) is 0 Å². The van der Waals surface area contributed by atoms with Crippen molar-refractivity contribution < 1.29 is 4.79 Å². The number of nitrogens with zero attached hydrogens (tertiary/aromatic N) is 1. The summed E-state index contributed by atoms with van der Waals surface area (Å²) in [7, 11) is 2.00. The van der Waals surface area contributed by atoms with Crippen LogP contribution in [0.3, 0.4) is 0 Å². The zero-order valence-electron chi connectivity index (χ0n) is 8.26. The number of carbonyl (C=O) groups is 1. The van der Waals surface area contributed by atoms with Crippen LogP contribution in [0.1, 0.15) is 40.2 Å². The van der Waals surface area contributed by atoms with Crippen LogP contribution in [0, 0.1) is 6.92 Å². The lowest BCUT2D eigenvalue weighted by molar-refractivity contribution is 0.111. The molecule has 0 bridgehead atoms. The molecule has 0 fully saturated rings. The highest BCUT2D eigenvalue weighted by Gasteiger charge is 2.19. The first-order valence-corrected chi connectivity index (χ1v) is 4.88. The quantitative estimate of drug-likeness (QED) is 0.601. The summed E-state index contributed by atoms with van der Waals surface area (Å²) in [4.78, 5) is 10.8. The van der Waals surface area contributed by atoms with Crippen molar-refractivity contribution in [3.8, 4) is 0 Å². The van der Waals surface area contributed by atoms with Gasteiger partial charge in [0.05, 0.1) is 5.69 Å². The minimum atomic E-state index is 0.868. The molecule has 1 aliphatic carbocycles. The van der Waals surface area contributed by atoms with Gasteiger partial charge in [-0.3, -0.25) is 4.79 Å². The first-order chi connectivity index (χ1) is 6.25. The van der Waals surface area contributed by atoms with E-state index < -0.39 is 0 Å². The summed E-state index contributed by atoms with van der Waals surface area (Å²) in [5.41, 5.74) is 4.88. The molecule has 2 heteroatoms. The molecule has 0 unspecified atom stereocenters. The van der Waals surface area contributed by atoms with E-state index in [4.69, 9.17) is 0 Å². The zero-order chi connectivity index (χ0) is 9.42. The maximum absolute atomic E-state index is 10.8. The van der Waals surface area contributed by atoms with Crippen LogP contribution >= 0.6 is 0 Å². The van der Waals surface area contributed by atoms with Crippen LogP contribution in [-0.2, 0) is 19.9 Å². The summed E-state index contributed by atoms with van der Waals surface area (Å²) >= 11 is 0. The average Bonchev–Trinajstić information content (AvgIpc) is 2.41. The highest BCUT2D eigenvalue weighted by Crippen LogP contribution is 2.27. The van der Waals surface area contributed by atoms with Crippen molar-refractivity contribution in [3.05, 3.63) is 22.5 Å². The van der Waals surface area contributed by atoms with Gasteiger partial charge in [0, 0.05) is 12.7 Å². The van der Waals surface area contributed by atoms with Crippen molar-refractivity contribution in [2.24, 2.45) is 7.05 Å². The van der Waals surface area contributed by atoms with Crippen molar-refractivity contribution in [1.29, 1.82) is 0 Å². The van der Waals surface area contributed by atoms with E-state index in [9.17, 15) is 4.79 Å². The fraction of sp³-hybridized carbons (Fsp3) is 0.545. The molecular formula is C11H15NO. The van der Waals surface area contributed by atoms with Crippen molar-refractivity contribution >= 4 is 6.29 Å². The van der Waals surface area contributed by atoms with Crippen molar-refractivity contribution in [2.45, 2.75) is 32.6 Å². The molecule has 0 radical (unpaired) electrons. The van der Waals surface area contributed by atoms with E-state index >= 15 is 0 Å². The first-order valence-electron chi connectivity index (χ1n) is 4.88. The van der Waals surface area contributed by atoms with Crippen LogP contribution in [-0.4, -0.2) is 10.9 Å². The van der Waals surface area contributed by atoms with Gasteiger partial charge in [-0.05, 0) is 43.7 Å². The van der Waals surface area contributed by atoms with Crippen LogP contribution in [0.5, 0.6) is 0 Å². The summed E-state index contributed by atoms with van der Waals surface area (Å²) in [5.74, 6) is 0. The van der Waals surface area contributed by atoms with Gasteiger partial charge in [0.15, 0.2) is 6.29 Å². The van der Waals surface area contributed by atoms with E-state index in [-0.39, 0.29) is 0 Å². The Hall–Kier alpha value is -1.05. The Kier molecular flexibility index (Phi) is 1.98. The van der Waals surface area contributed by atoms with E-state index in [2.05, 4.69) is 11.5 Å². The predicted molar refractivity (Wildman–Crippen MR) is 52.2 cm³/mol. The van der Waals surface area contributed by atoms with E-state index in [1.54, 1.807) is 0 Å². The molecule has 0 aromatic carbocycles. The molecule has 0 saturated heterocycles. The molecule has 0 aliphatic heterocycles. The first kappa shape index (κ1) is 8.54. The Morgan fingerprint density at radius 2 is 2.00 bits per heavy atom. The summed E-state index contributed by atoms with van der Waals surface area (Å²) in [6, 6.07) is 0. The molecule has 1 aliphatic rings. The van der Waals surface area contributed by atoms with Crippen LogP contribution in [0.4, 0.5) is 0 Å². The van der Waals surface area contributed by atoms with Crippen LogP contribution < -0.4 is 0 Å². The summed E-state index contributed by atoms with van der Waals surface area (Å²) in [5, 5.41) is 0. The molecule has 0 atom stereocenters. The second-order valence-electron chi connectivity index (χ2n) is 3.82. The molecule has 0 N–H and O–H groups in total. The normalized spacial score (nSPS) is 15.5. The molecule has 0 amide bonds. The van der Waals surface area contributed by atoms with Crippen LogP contribution in [0.2, 0.25) is 0 Å². The minimum absolute atomic E-state index is 0.868. The number of rotatable bonds is 1. The standard InChI is InChI=1S/C11H15NO/c1-8-9-5-3-4-6-10(9)12(2)11(8)7-13/h7H,3-6H2,1-2H3. The SMILES string of the molecule is Cc1c2c(n(C)c1C=O)CCCC2. The van der Waals surface area contributed by atoms with Crippen molar-refractivity contribution in [2.75, 3.05) is 0 Å². The van der Waals surface area contributed by atoms with Crippen LogP contribution in [0.25, 0.3) is 0 Å². The van der Waals surface area contributed by atoms with Gasteiger partial charge in [-0.25, -0.2) is 0 Å². The Morgan fingerprint density at radius 3 is 2.62 bits per heavy atom. The molecule has 1 aromatic rings. The maximum Gasteiger partial charge on any atom is 0.166 e. The Labute approximate surface area is 78.6 Å². The van der Waals surface area contributed by atoms with Gasteiger partial charge >= 0.3 is 0 Å². The smallest absolute Gasteiger partial charge is 0.166 e. The predicted octanol–water partition coefficient (Wildman–Crippen LogP) is 2.02. The lowest BCUT2D eigenvalue weighted by atomic mass is 9.95. The number of hydrogen-bond acceptors (Lipinski definition) is 1. The fourth-order valence-corrected chi connectivity index (χ4v) is 2.38. The monoisotopic (exact) mass is 177 g/mol. The Bertz CT molecular complexity index is 320. The van der Waals surface area contributed by atoms with Crippen molar-refractivity contribution in [3.63, 3.8) is 0 Å². The van der Waals surface area contributed by atoms with Gasteiger partial charge < -0.3 is 4.57 Å². The van der Waals surface area contributed by atoms with E-state index in [1.165, 1.54) is 29.7 Å². The molecule has 13 heavy (non-hydrogen) atoms. The van der Waals surface area contributed by atoms with Gasteiger partial charge in [0.2, 0.25) is 0 Å². The number of aromatic nitrogens is 1. The highest BCUT2D eigenvalue weighted by atomic mass is 16.1. The third-order valence-electron chi connectivity index (χ3n) is 3.15. The average molecular weight is 177 g/mol. The third-order valence-corrected chi connectivity index (χ3v) is 3.15. The number of aldehydes is 1. The summed E-state index contributed by atoms with van der Waals surface area (Å²) < 4.78 is 2.07. The molecule has 70 valence electrons. The lowest BCUT2D eigenvalue weighted by Crippen LogP contribution is -2.06. The summed E-state index contributed by atoms with van der Waals surface area (Å²) in [6.45, 7) is 2.06. The highest BCUT2D eigenvalue weighted by molar-refractivity contribution is 5.76. The lowest BCUT2D eigenvalue weighted by Gasteiger charge is -2.13. The topological polar surface area (TPSA) is 22.0 Å². The molecule has 0 spiro atoms. The molecule has 1 aromatic heterocycles. The minimum Gasteiger partial charge on any atom is -0.345 e. The number of hydrogen-bond donors (Lipinski definition) is 0. The largest absolute Gasteiger partial charge is 0.345 e. The Balaban J connectivity index is 2.62. The molecule has 1 heterocycles. The van der Waals surface area contributed by atoms with E-state index in [0.29, 0.717) is 0 Å². The zero-order valence-corrected chi connectivity index (χ0v) is 8.26. The molecular weight excluding hydrogens is 162 g/mol. The van der Waals surface area contributed by atoms with Gasteiger partial charge in [-0.2, -0.15) is 0 Å².